The number of carbonyl (C=O) groups is 3. The van der Waals surface area contributed by atoms with Gasteiger partial charge in [-0.1, -0.05) is 32.1 Å². The highest BCUT2D eigenvalue weighted by Crippen LogP contribution is 2.72. The minimum absolute atomic E-state index is 0.167. The number of hydrogen-bond acceptors (Lipinski definition) is 10. The molecule has 40 heavy (non-hydrogen) atoms. The van der Waals surface area contributed by atoms with Gasteiger partial charge in [0.2, 0.25) is 0 Å². The molecule has 2 aliphatic carbocycles. The molecule has 11 heteroatoms. The van der Waals surface area contributed by atoms with Crippen LogP contribution in [-0.2, 0) is 38.1 Å². The molecule has 0 aromatic heterocycles. The molecule has 1 saturated carbocycles. The Kier molecular flexibility index (Phi) is 7.73. The average molecular weight is 563 g/mol. The predicted octanol–water partition coefficient (Wildman–Crippen LogP) is 1.46. The van der Waals surface area contributed by atoms with Crippen molar-refractivity contribution in [2.24, 2.45) is 16.7 Å². The monoisotopic (exact) mass is 562 g/mol. The first-order valence-electron chi connectivity index (χ1n) is 13.9. The molecule has 2 saturated heterocycles. The van der Waals surface area contributed by atoms with Crippen molar-refractivity contribution >= 4 is 17.9 Å². The number of rotatable bonds is 2. The Morgan fingerprint density at radius 2 is 1.93 bits per heavy atom. The van der Waals surface area contributed by atoms with Crippen LogP contribution in [0.25, 0.3) is 0 Å². The Morgan fingerprint density at radius 3 is 2.60 bits per heavy atom. The van der Waals surface area contributed by atoms with Crippen LogP contribution in [0.3, 0.4) is 0 Å². The lowest BCUT2D eigenvalue weighted by Gasteiger charge is -2.58. The molecule has 5 rings (SSSR count). The Labute approximate surface area is 232 Å². The molecule has 3 fully saturated rings. The van der Waals surface area contributed by atoms with Gasteiger partial charge >= 0.3 is 17.9 Å². The lowest BCUT2D eigenvalue weighted by Crippen LogP contribution is -2.67. The second-order valence-corrected chi connectivity index (χ2v) is 11.9. The summed E-state index contributed by atoms with van der Waals surface area (Å²) in [4.78, 5) is 37.9. The second-order valence-electron chi connectivity index (χ2n) is 11.9. The molecule has 3 N–H and O–H groups in total. The van der Waals surface area contributed by atoms with E-state index in [4.69, 9.17) is 23.7 Å². The third kappa shape index (κ3) is 4.61. The molecule has 2 bridgehead atoms. The zero-order valence-corrected chi connectivity index (χ0v) is 23.0. The molecular weight excluding hydrogens is 524 g/mol. The predicted molar refractivity (Wildman–Crippen MR) is 138 cm³/mol. The van der Waals surface area contributed by atoms with Gasteiger partial charge in [-0.2, -0.15) is 0 Å². The number of allylic oxidation sites excluding steroid dienone is 2. The highest BCUT2D eigenvalue weighted by atomic mass is 16.6. The van der Waals surface area contributed by atoms with Gasteiger partial charge in [0.15, 0.2) is 6.10 Å². The SMILES string of the molecule is CC(O)C1/C=C/C=C\C(=O)OC2CC3OC4C=C(C(=O)O)CCC4(COC(=O)C(O)C(C)CCO1)C2(C)C31CO1. The fourth-order valence-corrected chi connectivity index (χ4v) is 7.08. The summed E-state index contributed by atoms with van der Waals surface area (Å²) < 4.78 is 30.0. The number of carboxylic acid groups (broad SMARTS) is 1. The molecule has 0 aromatic rings. The Balaban J connectivity index is 1.53. The summed E-state index contributed by atoms with van der Waals surface area (Å²) in [5.41, 5.74) is -2.40. The molecule has 220 valence electrons. The van der Waals surface area contributed by atoms with Crippen LogP contribution >= 0.6 is 0 Å². The van der Waals surface area contributed by atoms with Crippen molar-refractivity contribution in [3.8, 4) is 0 Å². The van der Waals surface area contributed by atoms with Crippen molar-refractivity contribution in [3.05, 3.63) is 36.0 Å². The maximum absolute atomic E-state index is 13.1. The van der Waals surface area contributed by atoms with E-state index in [-0.39, 0.29) is 25.2 Å². The van der Waals surface area contributed by atoms with Crippen LogP contribution in [-0.4, -0.2) is 95.3 Å². The van der Waals surface area contributed by atoms with E-state index in [0.717, 1.165) is 0 Å². The Hall–Kier alpha value is -2.57. The number of ether oxygens (including phenoxy) is 5. The summed E-state index contributed by atoms with van der Waals surface area (Å²) >= 11 is 0. The molecule has 3 heterocycles. The van der Waals surface area contributed by atoms with Crippen LogP contribution < -0.4 is 0 Å². The molecule has 11 nitrogen and oxygen atoms in total. The molecule has 5 aliphatic rings. The van der Waals surface area contributed by atoms with Crippen LogP contribution in [0, 0.1) is 16.7 Å². The van der Waals surface area contributed by atoms with Crippen molar-refractivity contribution in [1.82, 2.24) is 0 Å². The van der Waals surface area contributed by atoms with Crippen molar-refractivity contribution in [2.45, 2.75) is 88.7 Å². The third-order valence-corrected chi connectivity index (χ3v) is 9.80. The highest BCUT2D eigenvalue weighted by Gasteiger charge is 2.83. The lowest BCUT2D eigenvalue weighted by molar-refractivity contribution is -0.234. The number of epoxide rings is 1. The molecule has 0 amide bonds. The average Bonchev–Trinajstić information content (AvgIpc) is 3.69. The number of aliphatic hydroxyl groups excluding tert-OH is 2. The summed E-state index contributed by atoms with van der Waals surface area (Å²) in [5, 5.41) is 30.5. The van der Waals surface area contributed by atoms with Gasteiger partial charge in [0, 0.05) is 30.1 Å². The number of esters is 2. The van der Waals surface area contributed by atoms with Crippen molar-refractivity contribution in [3.63, 3.8) is 0 Å². The number of carbonyl (C=O) groups excluding carboxylic acids is 2. The normalized spacial score (nSPS) is 46.1. The fourth-order valence-electron chi connectivity index (χ4n) is 7.08. The van der Waals surface area contributed by atoms with E-state index in [1.807, 2.05) is 6.92 Å². The number of aliphatic hydroxyl groups is 2. The number of cyclic esters (lactones) is 1. The van der Waals surface area contributed by atoms with E-state index in [2.05, 4.69) is 0 Å². The third-order valence-electron chi connectivity index (χ3n) is 9.80. The molecular formula is C29H38O11. The van der Waals surface area contributed by atoms with Gasteiger partial charge in [-0.15, -0.1) is 0 Å². The zero-order chi connectivity index (χ0) is 28.9. The van der Waals surface area contributed by atoms with Crippen molar-refractivity contribution in [1.29, 1.82) is 0 Å². The van der Waals surface area contributed by atoms with Crippen LogP contribution in [0.1, 0.15) is 46.5 Å². The van der Waals surface area contributed by atoms with E-state index in [9.17, 15) is 29.7 Å². The van der Waals surface area contributed by atoms with Crippen molar-refractivity contribution in [2.75, 3.05) is 19.8 Å². The van der Waals surface area contributed by atoms with Gasteiger partial charge in [0.05, 0.1) is 30.3 Å². The van der Waals surface area contributed by atoms with E-state index < -0.39 is 76.9 Å². The van der Waals surface area contributed by atoms with Gasteiger partial charge < -0.3 is 39.0 Å². The first-order chi connectivity index (χ1) is 18.9. The molecule has 0 aromatic carbocycles. The number of hydrogen-bond donors (Lipinski definition) is 3. The largest absolute Gasteiger partial charge is 0.478 e. The minimum atomic E-state index is -1.43. The maximum Gasteiger partial charge on any atom is 0.335 e. The van der Waals surface area contributed by atoms with Crippen LogP contribution in [0.2, 0.25) is 0 Å². The van der Waals surface area contributed by atoms with Crippen LogP contribution in [0.4, 0.5) is 0 Å². The minimum Gasteiger partial charge on any atom is -0.478 e. The second kappa shape index (κ2) is 10.7. The first kappa shape index (κ1) is 28.9. The smallest absolute Gasteiger partial charge is 0.335 e. The first-order valence-corrected chi connectivity index (χ1v) is 13.9. The molecule has 10 atom stereocenters. The van der Waals surface area contributed by atoms with Gasteiger partial charge in [0.25, 0.3) is 0 Å². The zero-order valence-electron chi connectivity index (χ0n) is 23.0. The standard InChI is InChI=1S/C29H38O11/c1-16-9-11-36-19(17(2)30)6-4-5-7-23(31)40-20-13-22-29(15-38-29)27(20,3)28(14-37-26(35)24(16)32)10-8-18(25(33)34)12-21(28)39-22/h4-7,12,16-17,19-22,24,30,32H,8-11,13-15H2,1-3H3,(H,33,34)/b6-4+,7-5-. The van der Waals surface area contributed by atoms with Crippen LogP contribution in [0.15, 0.2) is 36.0 Å². The summed E-state index contributed by atoms with van der Waals surface area (Å²) in [6.07, 6.45) is 4.03. The highest BCUT2D eigenvalue weighted by molar-refractivity contribution is 5.87. The summed E-state index contributed by atoms with van der Waals surface area (Å²) in [5.74, 6) is -2.93. The van der Waals surface area contributed by atoms with Crippen LogP contribution in [0.5, 0.6) is 0 Å². The number of carboxylic acids is 1. The molecule has 10 unspecified atom stereocenters. The summed E-state index contributed by atoms with van der Waals surface area (Å²) in [7, 11) is 0. The Morgan fingerprint density at radius 1 is 1.18 bits per heavy atom. The van der Waals surface area contributed by atoms with E-state index >= 15 is 0 Å². The van der Waals surface area contributed by atoms with Gasteiger partial charge in [-0.3, -0.25) is 0 Å². The van der Waals surface area contributed by atoms with Gasteiger partial charge in [-0.25, -0.2) is 14.4 Å². The van der Waals surface area contributed by atoms with Gasteiger partial charge in [0.1, 0.15) is 24.4 Å². The van der Waals surface area contributed by atoms with Gasteiger partial charge in [-0.05, 0) is 38.2 Å². The molecule has 0 radical (unpaired) electrons. The van der Waals surface area contributed by atoms with E-state index in [0.29, 0.717) is 25.9 Å². The van der Waals surface area contributed by atoms with E-state index in [1.54, 1.807) is 32.1 Å². The lowest BCUT2D eigenvalue weighted by atomic mass is 9.51. The van der Waals surface area contributed by atoms with Crippen molar-refractivity contribution < 1.29 is 53.4 Å². The maximum atomic E-state index is 13.1. The quantitative estimate of drug-likeness (QED) is 0.330. The molecule has 3 aliphatic heterocycles. The summed E-state index contributed by atoms with van der Waals surface area (Å²) in [6, 6.07) is 0. The van der Waals surface area contributed by atoms with E-state index in [1.165, 1.54) is 12.2 Å². The fraction of sp³-hybridized carbons (Fsp3) is 0.690. The topological polar surface area (TPSA) is 161 Å². The Bertz CT molecular complexity index is 1120. The summed E-state index contributed by atoms with van der Waals surface area (Å²) in [6.45, 7) is 5.61. The molecule has 2 spiro atoms. The number of aliphatic carboxylic acids is 1.